The summed E-state index contributed by atoms with van der Waals surface area (Å²) in [6.07, 6.45) is 2.17. The Bertz CT molecular complexity index is 591. The monoisotopic (exact) mass is 204 g/mol. The molecule has 3 rings (SSSR count). The number of nitrogens with one attached hydrogen (secondary N) is 1. The van der Waals surface area contributed by atoms with Gasteiger partial charge in [0.1, 0.15) is 5.39 Å². The van der Waals surface area contributed by atoms with Gasteiger partial charge in [0, 0.05) is 11.7 Å². The van der Waals surface area contributed by atoms with Gasteiger partial charge in [-0.1, -0.05) is 0 Å². The van der Waals surface area contributed by atoms with Gasteiger partial charge in [-0.05, 0) is 25.8 Å². The Hall–Kier alpha value is -1.78. The van der Waals surface area contributed by atoms with Crippen molar-refractivity contribution in [2.75, 3.05) is 5.73 Å². The molecule has 3 N–H and O–H groups in total. The summed E-state index contributed by atoms with van der Waals surface area (Å²) in [5.74, 6) is 0.296. The molecule has 0 saturated heterocycles. The number of fused-ring (bicyclic) bond motifs is 1. The van der Waals surface area contributed by atoms with E-state index in [1.165, 1.54) is 0 Å². The first-order valence-corrected chi connectivity index (χ1v) is 5.04. The lowest BCUT2D eigenvalue weighted by Crippen LogP contribution is -2.21. The third kappa shape index (κ3) is 1.09. The molecule has 15 heavy (non-hydrogen) atoms. The zero-order valence-electron chi connectivity index (χ0n) is 8.45. The molecule has 1 fully saturated rings. The smallest absolute Gasteiger partial charge is 0.264 e. The fourth-order valence-electron chi connectivity index (χ4n) is 2.05. The minimum absolute atomic E-state index is 0.0150. The van der Waals surface area contributed by atoms with Gasteiger partial charge < -0.3 is 10.3 Å². The Morgan fingerprint density at radius 1 is 1.60 bits per heavy atom. The third-order valence-electron chi connectivity index (χ3n) is 2.90. The highest BCUT2D eigenvalue weighted by Gasteiger charge is 2.27. The van der Waals surface area contributed by atoms with Crippen molar-refractivity contribution < 1.29 is 0 Å². The number of aromatic nitrogens is 3. The van der Waals surface area contributed by atoms with E-state index in [1.54, 1.807) is 0 Å². The molecule has 2 heterocycles. The normalized spacial score (nSPS) is 16.1. The second kappa shape index (κ2) is 2.62. The minimum Gasteiger partial charge on any atom is -0.382 e. The van der Waals surface area contributed by atoms with Crippen LogP contribution in [0.2, 0.25) is 0 Å². The molecule has 0 bridgehead atoms. The van der Waals surface area contributed by atoms with E-state index < -0.39 is 0 Å². The Morgan fingerprint density at radius 3 is 3.00 bits per heavy atom. The highest BCUT2D eigenvalue weighted by molar-refractivity contribution is 5.87. The summed E-state index contributed by atoms with van der Waals surface area (Å²) in [5.41, 5.74) is 7.35. The van der Waals surface area contributed by atoms with Gasteiger partial charge in [0.25, 0.3) is 5.56 Å². The predicted octanol–water partition coefficient (Wildman–Crippen LogP) is 0.950. The molecular formula is C10H12N4O. The lowest BCUT2D eigenvalue weighted by molar-refractivity contribution is 0.689. The van der Waals surface area contributed by atoms with Crippen molar-refractivity contribution in [1.29, 1.82) is 0 Å². The number of nitrogen functional groups attached to an aromatic ring is 1. The number of hydrogen-bond donors (Lipinski definition) is 2. The first-order valence-electron chi connectivity index (χ1n) is 5.04. The molecule has 0 amide bonds. The van der Waals surface area contributed by atoms with E-state index in [9.17, 15) is 4.79 Å². The maximum absolute atomic E-state index is 12.1. The van der Waals surface area contributed by atoms with Crippen LogP contribution in [0.4, 0.5) is 5.82 Å². The second-order valence-corrected chi connectivity index (χ2v) is 4.09. The number of nitrogens with zero attached hydrogens (tertiary/aromatic N) is 2. The number of H-pyrrole nitrogens is 1. The average molecular weight is 204 g/mol. The standard InChI is InChI=1S/C10H12N4O/c1-5-4-7-8(9(11)13-12-7)10(15)14(5)6-2-3-6/h4,6H,2-3H2,1H3,(H3,11,12,13). The van der Waals surface area contributed by atoms with Crippen LogP contribution in [-0.4, -0.2) is 14.8 Å². The molecule has 0 aliphatic heterocycles. The third-order valence-corrected chi connectivity index (χ3v) is 2.90. The summed E-state index contributed by atoms with van der Waals surface area (Å²) >= 11 is 0. The molecule has 0 spiro atoms. The van der Waals surface area contributed by atoms with Gasteiger partial charge in [-0.15, -0.1) is 0 Å². The van der Waals surface area contributed by atoms with E-state index in [0.29, 0.717) is 17.2 Å². The zero-order valence-corrected chi connectivity index (χ0v) is 8.45. The first-order chi connectivity index (χ1) is 7.18. The topological polar surface area (TPSA) is 76.7 Å². The van der Waals surface area contributed by atoms with Crippen LogP contribution in [-0.2, 0) is 0 Å². The van der Waals surface area contributed by atoms with E-state index >= 15 is 0 Å². The minimum atomic E-state index is -0.0150. The molecule has 5 heteroatoms. The Kier molecular flexibility index (Phi) is 1.49. The van der Waals surface area contributed by atoms with Crippen molar-refractivity contribution in [3.63, 3.8) is 0 Å². The lowest BCUT2D eigenvalue weighted by atomic mass is 10.2. The van der Waals surface area contributed by atoms with E-state index in [0.717, 1.165) is 24.1 Å². The van der Waals surface area contributed by atoms with Gasteiger partial charge in [-0.25, -0.2) is 0 Å². The maximum Gasteiger partial charge on any atom is 0.264 e. The fraction of sp³-hybridized carbons (Fsp3) is 0.400. The quantitative estimate of drug-likeness (QED) is 0.726. The summed E-state index contributed by atoms with van der Waals surface area (Å²) in [6.45, 7) is 1.94. The van der Waals surface area contributed by atoms with Gasteiger partial charge >= 0.3 is 0 Å². The van der Waals surface area contributed by atoms with E-state index in [2.05, 4.69) is 10.2 Å². The van der Waals surface area contributed by atoms with Crippen LogP contribution in [0.25, 0.3) is 10.9 Å². The van der Waals surface area contributed by atoms with Crippen molar-refractivity contribution in [1.82, 2.24) is 14.8 Å². The molecule has 1 aliphatic rings. The first kappa shape index (κ1) is 8.52. The van der Waals surface area contributed by atoms with Crippen LogP contribution in [0, 0.1) is 6.92 Å². The van der Waals surface area contributed by atoms with Crippen LogP contribution in [0.1, 0.15) is 24.6 Å². The Morgan fingerprint density at radius 2 is 2.33 bits per heavy atom. The molecule has 2 aromatic heterocycles. The van der Waals surface area contributed by atoms with Gasteiger partial charge in [0.15, 0.2) is 5.82 Å². The number of rotatable bonds is 1. The number of nitrogens with two attached hydrogens (primary N) is 1. The molecule has 2 aromatic rings. The fourth-order valence-corrected chi connectivity index (χ4v) is 2.05. The summed E-state index contributed by atoms with van der Waals surface area (Å²) in [7, 11) is 0. The summed E-state index contributed by atoms with van der Waals surface area (Å²) in [4.78, 5) is 12.1. The second-order valence-electron chi connectivity index (χ2n) is 4.09. The highest BCUT2D eigenvalue weighted by atomic mass is 16.1. The van der Waals surface area contributed by atoms with Gasteiger partial charge in [-0.2, -0.15) is 5.10 Å². The Balaban J connectivity index is 2.44. The summed E-state index contributed by atoms with van der Waals surface area (Å²) < 4.78 is 1.83. The van der Waals surface area contributed by atoms with E-state index in [-0.39, 0.29) is 5.56 Å². The largest absolute Gasteiger partial charge is 0.382 e. The molecule has 5 nitrogen and oxygen atoms in total. The molecule has 78 valence electrons. The van der Waals surface area contributed by atoms with Gasteiger partial charge in [0.2, 0.25) is 0 Å². The van der Waals surface area contributed by atoms with Crippen LogP contribution < -0.4 is 11.3 Å². The van der Waals surface area contributed by atoms with Crippen molar-refractivity contribution in [3.05, 3.63) is 22.1 Å². The Labute approximate surface area is 85.9 Å². The van der Waals surface area contributed by atoms with Crippen molar-refractivity contribution in [3.8, 4) is 0 Å². The number of hydrogen-bond acceptors (Lipinski definition) is 3. The van der Waals surface area contributed by atoms with Crippen molar-refractivity contribution in [2.24, 2.45) is 0 Å². The van der Waals surface area contributed by atoms with Crippen molar-refractivity contribution in [2.45, 2.75) is 25.8 Å². The van der Waals surface area contributed by atoms with Crippen LogP contribution in [0.3, 0.4) is 0 Å². The molecule has 0 radical (unpaired) electrons. The highest BCUT2D eigenvalue weighted by Crippen LogP contribution is 2.35. The van der Waals surface area contributed by atoms with E-state index in [1.807, 2.05) is 17.6 Å². The predicted molar refractivity (Wildman–Crippen MR) is 57.8 cm³/mol. The number of anilines is 1. The molecule has 1 saturated carbocycles. The summed E-state index contributed by atoms with van der Waals surface area (Å²) in [5, 5.41) is 7.15. The number of pyridine rings is 1. The molecule has 0 aromatic carbocycles. The molecular weight excluding hydrogens is 192 g/mol. The maximum atomic E-state index is 12.1. The summed E-state index contributed by atoms with van der Waals surface area (Å²) in [6, 6.07) is 2.30. The van der Waals surface area contributed by atoms with Crippen LogP contribution in [0.5, 0.6) is 0 Å². The number of aryl methyl sites for hydroxylation is 1. The number of aromatic amines is 1. The SMILES string of the molecule is Cc1cc2[nH]nc(N)c2c(=O)n1C1CC1. The average Bonchev–Trinajstić information content (AvgIpc) is 2.92. The zero-order chi connectivity index (χ0) is 10.6. The van der Waals surface area contributed by atoms with Gasteiger partial charge in [0.05, 0.1) is 5.52 Å². The van der Waals surface area contributed by atoms with Gasteiger partial charge in [-0.3, -0.25) is 9.89 Å². The van der Waals surface area contributed by atoms with Crippen LogP contribution >= 0.6 is 0 Å². The van der Waals surface area contributed by atoms with E-state index in [4.69, 9.17) is 5.73 Å². The molecule has 1 aliphatic carbocycles. The molecule has 0 unspecified atom stereocenters. The van der Waals surface area contributed by atoms with Crippen LogP contribution in [0.15, 0.2) is 10.9 Å². The lowest BCUT2D eigenvalue weighted by Gasteiger charge is -2.07. The van der Waals surface area contributed by atoms with Crippen molar-refractivity contribution >= 4 is 16.7 Å². The molecule has 0 atom stereocenters.